The molecule has 0 atom stereocenters. The summed E-state index contributed by atoms with van der Waals surface area (Å²) in [5, 5.41) is 0. The summed E-state index contributed by atoms with van der Waals surface area (Å²) in [6.45, 7) is 3.19. The van der Waals surface area contributed by atoms with E-state index in [-0.39, 0.29) is 6.04 Å². The highest BCUT2D eigenvalue weighted by molar-refractivity contribution is 7.89. The van der Waals surface area contributed by atoms with Crippen molar-refractivity contribution in [3.05, 3.63) is 0 Å². The minimum absolute atomic E-state index is 0.239. The predicted molar refractivity (Wildman–Crippen MR) is 71.3 cm³/mol. The van der Waals surface area contributed by atoms with Crippen molar-refractivity contribution in [3.63, 3.8) is 0 Å². The van der Waals surface area contributed by atoms with Crippen LogP contribution < -0.4 is 5.73 Å². The van der Waals surface area contributed by atoms with Crippen molar-refractivity contribution in [2.24, 2.45) is 5.73 Å². The molecule has 1 fully saturated rings. The zero-order valence-corrected chi connectivity index (χ0v) is 11.7. The van der Waals surface area contributed by atoms with Crippen LogP contribution in [0.1, 0.15) is 51.9 Å². The van der Waals surface area contributed by atoms with E-state index in [0.29, 0.717) is 18.8 Å². The van der Waals surface area contributed by atoms with E-state index in [2.05, 4.69) is 0 Å². The first-order valence-electron chi connectivity index (χ1n) is 6.81. The van der Waals surface area contributed by atoms with Gasteiger partial charge in [-0.05, 0) is 32.2 Å². The number of hydrogen-bond donors (Lipinski definition) is 1. The van der Waals surface area contributed by atoms with Crippen LogP contribution in [0.15, 0.2) is 0 Å². The maximum Gasteiger partial charge on any atom is 0.214 e. The van der Waals surface area contributed by atoms with Crippen molar-refractivity contribution in [3.8, 4) is 0 Å². The summed E-state index contributed by atoms with van der Waals surface area (Å²) < 4.78 is 26.3. The fraction of sp³-hybridized carbons (Fsp3) is 1.00. The number of nitrogens with zero attached hydrogens (tertiary/aromatic N) is 1. The van der Waals surface area contributed by atoms with Crippen LogP contribution in [0.4, 0.5) is 0 Å². The lowest BCUT2D eigenvalue weighted by Gasteiger charge is -2.28. The zero-order valence-electron chi connectivity index (χ0n) is 10.9. The summed E-state index contributed by atoms with van der Waals surface area (Å²) in [5.74, 6) is 0.296. The predicted octanol–water partition coefficient (Wildman–Crippen LogP) is 1.71. The van der Waals surface area contributed by atoms with Gasteiger partial charge in [0, 0.05) is 12.6 Å². The molecule has 0 radical (unpaired) electrons. The Kier molecular flexibility index (Phi) is 6.44. The van der Waals surface area contributed by atoms with Gasteiger partial charge < -0.3 is 5.73 Å². The summed E-state index contributed by atoms with van der Waals surface area (Å²) in [7, 11) is -3.06. The first kappa shape index (κ1) is 14.9. The molecule has 1 rings (SSSR count). The highest BCUT2D eigenvalue weighted by Gasteiger charge is 2.30. The third kappa shape index (κ3) is 4.56. The van der Waals surface area contributed by atoms with Crippen molar-refractivity contribution in [1.82, 2.24) is 4.31 Å². The van der Waals surface area contributed by atoms with E-state index in [1.807, 2.05) is 6.92 Å². The third-order valence-electron chi connectivity index (χ3n) is 3.43. The molecule has 0 heterocycles. The van der Waals surface area contributed by atoms with Gasteiger partial charge in [0.15, 0.2) is 0 Å². The molecule has 17 heavy (non-hydrogen) atoms. The Balaban J connectivity index is 2.66. The molecule has 4 nitrogen and oxygen atoms in total. The van der Waals surface area contributed by atoms with Crippen molar-refractivity contribution in [2.45, 2.75) is 57.9 Å². The molecule has 1 saturated carbocycles. The molecule has 0 aromatic rings. The van der Waals surface area contributed by atoms with E-state index in [1.165, 1.54) is 0 Å². The number of rotatable bonds is 8. The standard InChI is InChI=1S/C12H26N2O2S/c1-2-3-11-17(15,16)14(10-6-9-13)12-7-4-5-8-12/h12H,2-11,13H2,1H3. The molecular formula is C12H26N2O2S. The lowest BCUT2D eigenvalue weighted by molar-refractivity contribution is 0.319. The smallest absolute Gasteiger partial charge is 0.214 e. The van der Waals surface area contributed by atoms with E-state index in [4.69, 9.17) is 5.73 Å². The van der Waals surface area contributed by atoms with E-state index in [1.54, 1.807) is 4.31 Å². The molecule has 102 valence electrons. The lowest BCUT2D eigenvalue weighted by atomic mass is 10.2. The van der Waals surface area contributed by atoms with Gasteiger partial charge in [-0.3, -0.25) is 0 Å². The van der Waals surface area contributed by atoms with Gasteiger partial charge in [0.25, 0.3) is 0 Å². The zero-order chi connectivity index (χ0) is 12.7. The van der Waals surface area contributed by atoms with Crippen LogP contribution in [0.2, 0.25) is 0 Å². The van der Waals surface area contributed by atoms with Crippen LogP contribution in [0.3, 0.4) is 0 Å². The fourth-order valence-electron chi connectivity index (χ4n) is 2.43. The molecule has 0 saturated heterocycles. The van der Waals surface area contributed by atoms with E-state index < -0.39 is 10.0 Å². The second kappa shape index (κ2) is 7.34. The van der Waals surface area contributed by atoms with Crippen LogP contribution >= 0.6 is 0 Å². The van der Waals surface area contributed by atoms with Crippen LogP contribution in [-0.4, -0.2) is 37.6 Å². The largest absolute Gasteiger partial charge is 0.330 e. The van der Waals surface area contributed by atoms with E-state index in [0.717, 1.165) is 44.9 Å². The molecule has 0 unspecified atom stereocenters. The minimum atomic E-state index is -3.06. The van der Waals surface area contributed by atoms with Gasteiger partial charge in [0.2, 0.25) is 10.0 Å². The number of hydrogen-bond acceptors (Lipinski definition) is 3. The molecule has 0 aliphatic heterocycles. The minimum Gasteiger partial charge on any atom is -0.330 e. The van der Waals surface area contributed by atoms with Crippen molar-refractivity contribution < 1.29 is 8.42 Å². The van der Waals surface area contributed by atoms with Gasteiger partial charge in [-0.2, -0.15) is 4.31 Å². The number of nitrogens with two attached hydrogens (primary N) is 1. The summed E-state index contributed by atoms with van der Waals surface area (Å²) in [5.41, 5.74) is 5.50. The number of sulfonamides is 1. The Morgan fingerprint density at radius 1 is 1.24 bits per heavy atom. The van der Waals surface area contributed by atoms with E-state index in [9.17, 15) is 8.42 Å². The molecule has 1 aliphatic rings. The lowest BCUT2D eigenvalue weighted by Crippen LogP contribution is -2.41. The molecule has 0 spiro atoms. The van der Waals surface area contributed by atoms with Crippen LogP contribution in [0.5, 0.6) is 0 Å². The highest BCUT2D eigenvalue weighted by atomic mass is 32.2. The Labute approximate surface area is 106 Å². The Bertz CT molecular complexity index is 298. The van der Waals surface area contributed by atoms with Gasteiger partial charge >= 0.3 is 0 Å². The molecule has 0 aromatic heterocycles. The van der Waals surface area contributed by atoms with Gasteiger partial charge in [0.1, 0.15) is 0 Å². The molecular weight excluding hydrogens is 236 g/mol. The Morgan fingerprint density at radius 2 is 1.88 bits per heavy atom. The van der Waals surface area contributed by atoms with Gasteiger partial charge in [-0.1, -0.05) is 26.2 Å². The van der Waals surface area contributed by atoms with Gasteiger partial charge in [-0.15, -0.1) is 0 Å². The van der Waals surface area contributed by atoms with Crippen molar-refractivity contribution in [1.29, 1.82) is 0 Å². The Morgan fingerprint density at radius 3 is 2.41 bits per heavy atom. The topological polar surface area (TPSA) is 63.4 Å². The normalized spacial score (nSPS) is 18.1. The SMILES string of the molecule is CCCCS(=O)(=O)N(CCCN)C1CCCC1. The van der Waals surface area contributed by atoms with Crippen LogP contribution in [0.25, 0.3) is 0 Å². The van der Waals surface area contributed by atoms with Crippen LogP contribution in [0, 0.1) is 0 Å². The van der Waals surface area contributed by atoms with E-state index >= 15 is 0 Å². The first-order valence-corrected chi connectivity index (χ1v) is 8.42. The quantitative estimate of drug-likeness (QED) is 0.724. The maximum atomic E-state index is 12.3. The van der Waals surface area contributed by atoms with Gasteiger partial charge in [-0.25, -0.2) is 8.42 Å². The molecule has 0 bridgehead atoms. The molecule has 0 amide bonds. The molecule has 2 N–H and O–H groups in total. The first-order chi connectivity index (χ1) is 8.11. The molecule has 5 heteroatoms. The fourth-order valence-corrected chi connectivity index (χ4v) is 4.39. The van der Waals surface area contributed by atoms with Crippen molar-refractivity contribution in [2.75, 3.05) is 18.8 Å². The average Bonchev–Trinajstić information content (AvgIpc) is 2.80. The monoisotopic (exact) mass is 262 g/mol. The van der Waals surface area contributed by atoms with Crippen LogP contribution in [-0.2, 0) is 10.0 Å². The summed E-state index contributed by atoms with van der Waals surface area (Å²) in [6, 6.07) is 0.239. The second-order valence-electron chi connectivity index (χ2n) is 4.86. The third-order valence-corrected chi connectivity index (χ3v) is 5.43. The highest BCUT2D eigenvalue weighted by Crippen LogP contribution is 2.26. The summed E-state index contributed by atoms with van der Waals surface area (Å²) in [4.78, 5) is 0. The summed E-state index contributed by atoms with van der Waals surface area (Å²) >= 11 is 0. The van der Waals surface area contributed by atoms with Gasteiger partial charge in [0.05, 0.1) is 5.75 Å². The Hall–Kier alpha value is -0.130. The number of unbranched alkanes of at least 4 members (excludes halogenated alkanes) is 1. The maximum absolute atomic E-state index is 12.3. The second-order valence-corrected chi connectivity index (χ2v) is 6.90. The molecule has 0 aromatic carbocycles. The molecule has 1 aliphatic carbocycles. The average molecular weight is 262 g/mol. The van der Waals surface area contributed by atoms with Crippen molar-refractivity contribution >= 4 is 10.0 Å². The summed E-state index contributed by atoms with van der Waals surface area (Å²) in [6.07, 6.45) is 6.82.